The summed E-state index contributed by atoms with van der Waals surface area (Å²) in [6.07, 6.45) is 0. The fraction of sp³-hybridized carbons (Fsp3) is 0.0732. The summed E-state index contributed by atoms with van der Waals surface area (Å²) < 4.78 is 4.71. The number of fused-ring (bicyclic) bond motifs is 8. The van der Waals surface area contributed by atoms with Crippen LogP contribution in [-0.4, -0.2) is 4.57 Å². The second-order valence-electron chi connectivity index (χ2n) is 12.5. The molecule has 2 aromatic heterocycles. The maximum Gasteiger partial charge on any atom is 0.0991 e. The largest absolute Gasteiger partial charge is 0.310 e. The van der Waals surface area contributed by atoms with Gasteiger partial charge in [0, 0.05) is 37.3 Å². The van der Waals surface area contributed by atoms with Gasteiger partial charge in [0.15, 0.2) is 0 Å². The number of benzene rings is 6. The number of aromatic nitrogens is 1. The van der Waals surface area contributed by atoms with Crippen LogP contribution >= 0.6 is 11.3 Å². The van der Waals surface area contributed by atoms with Crippen LogP contribution in [0.3, 0.4) is 0 Å². The average Bonchev–Trinajstić information content (AvgIpc) is 3.63. The fourth-order valence-electron chi connectivity index (χ4n) is 7.46. The van der Waals surface area contributed by atoms with Crippen LogP contribution in [0.2, 0.25) is 0 Å². The molecule has 46 heavy (non-hydrogen) atoms. The van der Waals surface area contributed by atoms with Crippen molar-refractivity contribution in [1.29, 1.82) is 10.5 Å². The highest BCUT2D eigenvalue weighted by atomic mass is 32.1. The summed E-state index contributed by atoms with van der Waals surface area (Å²) in [5.41, 5.74) is 10.4. The van der Waals surface area contributed by atoms with Crippen molar-refractivity contribution in [2.75, 3.05) is 4.90 Å². The molecule has 0 atom stereocenters. The summed E-state index contributed by atoms with van der Waals surface area (Å²) in [6.45, 7) is 4.63. The molecule has 5 heteroatoms. The Balaban J connectivity index is 1.29. The minimum Gasteiger partial charge on any atom is -0.310 e. The lowest BCUT2D eigenvalue weighted by molar-refractivity contribution is 0.632. The Kier molecular flexibility index (Phi) is 5.51. The molecule has 0 amide bonds. The molecule has 0 saturated heterocycles. The van der Waals surface area contributed by atoms with Crippen molar-refractivity contribution in [3.8, 4) is 17.8 Å². The first-order valence-electron chi connectivity index (χ1n) is 15.3. The first-order chi connectivity index (χ1) is 22.5. The van der Waals surface area contributed by atoms with Crippen LogP contribution in [0.15, 0.2) is 121 Å². The van der Waals surface area contributed by atoms with E-state index in [-0.39, 0.29) is 5.41 Å². The molecule has 1 aliphatic rings. The van der Waals surface area contributed by atoms with Gasteiger partial charge in [0.1, 0.15) is 0 Å². The van der Waals surface area contributed by atoms with Gasteiger partial charge in [-0.05, 0) is 83.9 Å². The quantitative estimate of drug-likeness (QED) is 0.197. The minimum atomic E-state index is -0.109. The maximum atomic E-state index is 9.66. The van der Waals surface area contributed by atoms with Gasteiger partial charge >= 0.3 is 0 Å². The summed E-state index contributed by atoms with van der Waals surface area (Å²) in [5.74, 6) is 0. The topological polar surface area (TPSA) is 55.8 Å². The Morgan fingerprint density at radius 1 is 0.565 bits per heavy atom. The zero-order chi connectivity index (χ0) is 31.2. The van der Waals surface area contributed by atoms with Crippen LogP contribution in [-0.2, 0) is 5.41 Å². The van der Waals surface area contributed by atoms with E-state index in [9.17, 15) is 10.5 Å². The predicted molar refractivity (Wildman–Crippen MR) is 190 cm³/mol. The SMILES string of the molecule is CC1(C)c2ccccc2N(c2ccc3sc4c(-n5c6ccc(C#N)cc6c6cc(C#N)ccc65)cccc4c3c2)c2ccccc21. The molecule has 0 N–H and O–H groups in total. The van der Waals surface area contributed by atoms with Crippen molar-refractivity contribution in [3.05, 3.63) is 144 Å². The van der Waals surface area contributed by atoms with Gasteiger partial charge in [-0.15, -0.1) is 11.3 Å². The molecular weight excluding hydrogens is 581 g/mol. The predicted octanol–water partition coefficient (Wildman–Crippen LogP) is 11.0. The van der Waals surface area contributed by atoms with Crippen LogP contribution in [0, 0.1) is 22.7 Å². The van der Waals surface area contributed by atoms with Gasteiger partial charge in [0.2, 0.25) is 0 Å². The second-order valence-corrected chi connectivity index (χ2v) is 13.5. The number of nitrogens with zero attached hydrogens (tertiary/aromatic N) is 4. The second kappa shape index (κ2) is 9.56. The number of hydrogen-bond acceptors (Lipinski definition) is 4. The normalized spacial score (nSPS) is 13.5. The number of anilines is 3. The average molecular weight is 607 g/mol. The molecule has 216 valence electrons. The number of para-hydroxylation sites is 2. The van der Waals surface area contributed by atoms with E-state index < -0.39 is 0 Å². The molecule has 0 unspecified atom stereocenters. The Hall–Kier alpha value is -5.88. The summed E-state index contributed by atoms with van der Waals surface area (Å²) in [4.78, 5) is 2.41. The molecule has 0 aliphatic carbocycles. The molecule has 0 spiro atoms. The molecule has 0 radical (unpaired) electrons. The number of nitriles is 2. The zero-order valence-corrected chi connectivity index (χ0v) is 26.1. The van der Waals surface area contributed by atoms with E-state index in [1.54, 1.807) is 11.3 Å². The van der Waals surface area contributed by atoms with Gasteiger partial charge in [-0.1, -0.05) is 62.4 Å². The van der Waals surface area contributed by atoms with Crippen molar-refractivity contribution >= 4 is 70.4 Å². The summed E-state index contributed by atoms with van der Waals surface area (Å²) >= 11 is 1.80. The number of thiophene rings is 1. The Labute approximate surface area is 270 Å². The summed E-state index contributed by atoms with van der Waals surface area (Å²) in [6, 6.07) is 47.1. The first kappa shape index (κ1) is 26.5. The minimum absolute atomic E-state index is 0.109. The lowest BCUT2D eigenvalue weighted by Gasteiger charge is -2.42. The number of rotatable bonds is 2. The van der Waals surface area contributed by atoms with Crippen LogP contribution in [0.1, 0.15) is 36.1 Å². The monoisotopic (exact) mass is 606 g/mol. The van der Waals surface area contributed by atoms with Gasteiger partial charge in [-0.2, -0.15) is 10.5 Å². The Morgan fingerprint density at radius 3 is 1.76 bits per heavy atom. The third-order valence-electron chi connectivity index (χ3n) is 9.62. The first-order valence-corrected chi connectivity index (χ1v) is 16.1. The van der Waals surface area contributed by atoms with Gasteiger partial charge < -0.3 is 9.47 Å². The van der Waals surface area contributed by atoms with Crippen LogP contribution in [0.4, 0.5) is 17.1 Å². The molecule has 8 aromatic rings. The fourth-order valence-corrected chi connectivity index (χ4v) is 8.64. The maximum absolute atomic E-state index is 9.66. The van der Waals surface area contributed by atoms with E-state index in [1.165, 1.54) is 42.7 Å². The van der Waals surface area contributed by atoms with Crippen LogP contribution in [0.5, 0.6) is 0 Å². The molecular formula is C41H26N4S. The van der Waals surface area contributed by atoms with Gasteiger partial charge in [-0.25, -0.2) is 0 Å². The van der Waals surface area contributed by atoms with E-state index in [4.69, 9.17) is 0 Å². The van der Waals surface area contributed by atoms with Crippen molar-refractivity contribution in [1.82, 2.24) is 4.57 Å². The molecule has 0 fully saturated rings. The van der Waals surface area contributed by atoms with E-state index in [0.717, 1.165) is 33.2 Å². The number of hydrogen-bond donors (Lipinski definition) is 0. The van der Waals surface area contributed by atoms with Gasteiger partial charge in [0.25, 0.3) is 0 Å². The highest BCUT2D eigenvalue weighted by molar-refractivity contribution is 7.26. The smallest absolute Gasteiger partial charge is 0.0991 e. The van der Waals surface area contributed by atoms with E-state index in [0.29, 0.717) is 11.1 Å². The molecule has 1 aliphatic heterocycles. The summed E-state index contributed by atoms with van der Waals surface area (Å²) in [5, 5.41) is 23.7. The molecule has 9 rings (SSSR count). The van der Waals surface area contributed by atoms with Crippen molar-refractivity contribution in [3.63, 3.8) is 0 Å². The molecule has 0 bridgehead atoms. The lowest BCUT2D eigenvalue weighted by atomic mass is 9.73. The van der Waals surface area contributed by atoms with Gasteiger partial charge in [0.05, 0.1) is 56.1 Å². The third-order valence-corrected chi connectivity index (χ3v) is 10.8. The standard InChI is InChI=1S/C41H26N4S/c1-41(2)32-9-3-5-11-36(32)44(37-12-6-4-10-33(37)41)27-16-19-39-31(22-27)28-8-7-13-38(40(28)46-39)45-34-17-14-25(23-42)20-29(34)30-21-26(24-43)15-18-35(30)45/h3-22H,1-2H3. The Bertz CT molecular complexity index is 2540. The van der Waals surface area contributed by atoms with Crippen LogP contribution in [0.25, 0.3) is 47.7 Å². The molecule has 3 heterocycles. The molecule has 4 nitrogen and oxygen atoms in total. The zero-order valence-electron chi connectivity index (χ0n) is 25.2. The highest BCUT2D eigenvalue weighted by Crippen LogP contribution is 2.52. The summed E-state index contributed by atoms with van der Waals surface area (Å²) in [7, 11) is 0. The van der Waals surface area contributed by atoms with E-state index >= 15 is 0 Å². The highest BCUT2D eigenvalue weighted by Gasteiger charge is 2.36. The Morgan fingerprint density at radius 2 is 1.15 bits per heavy atom. The van der Waals surface area contributed by atoms with Crippen molar-refractivity contribution in [2.45, 2.75) is 19.3 Å². The molecule has 6 aromatic carbocycles. The third kappa shape index (κ3) is 3.58. The van der Waals surface area contributed by atoms with Crippen molar-refractivity contribution < 1.29 is 0 Å². The van der Waals surface area contributed by atoms with E-state index in [2.05, 4.69) is 120 Å². The van der Waals surface area contributed by atoms with E-state index in [1.807, 2.05) is 36.4 Å². The van der Waals surface area contributed by atoms with Crippen molar-refractivity contribution in [2.24, 2.45) is 0 Å². The van der Waals surface area contributed by atoms with Crippen LogP contribution < -0.4 is 4.90 Å². The lowest BCUT2D eigenvalue weighted by Crippen LogP contribution is -2.30. The molecule has 0 saturated carbocycles. The van der Waals surface area contributed by atoms with Gasteiger partial charge in [-0.3, -0.25) is 0 Å².